The van der Waals surface area contributed by atoms with Gasteiger partial charge in [-0.1, -0.05) is 61.4 Å². The van der Waals surface area contributed by atoms with Crippen LogP contribution in [0.2, 0.25) is 0 Å². The Bertz CT molecular complexity index is 931. The van der Waals surface area contributed by atoms with Gasteiger partial charge in [0.2, 0.25) is 5.91 Å². The van der Waals surface area contributed by atoms with Crippen LogP contribution in [0.15, 0.2) is 48.5 Å². The van der Waals surface area contributed by atoms with Crippen LogP contribution < -0.4 is 10.6 Å². The van der Waals surface area contributed by atoms with Crippen molar-refractivity contribution in [2.24, 2.45) is 0 Å². The van der Waals surface area contributed by atoms with Crippen molar-refractivity contribution >= 4 is 18.0 Å². The fourth-order valence-corrected chi connectivity index (χ4v) is 4.06. The van der Waals surface area contributed by atoms with Gasteiger partial charge in [-0.2, -0.15) is 0 Å². The van der Waals surface area contributed by atoms with Crippen molar-refractivity contribution in [2.45, 2.75) is 44.1 Å². The third-order valence-corrected chi connectivity index (χ3v) is 5.76. The SMILES string of the molecule is O=C(CCCCCCNC(=O)OCC1c2ccccc2-c2ccccc21)N[C@H](CO)C(=O)O. The fraction of sp³-hybridized carbons (Fsp3) is 0.400. The van der Waals surface area contributed by atoms with Crippen LogP contribution in [0, 0.1) is 0 Å². The highest BCUT2D eigenvalue weighted by atomic mass is 16.5. The molecule has 2 aromatic rings. The van der Waals surface area contributed by atoms with Gasteiger partial charge in [-0.05, 0) is 35.1 Å². The number of aliphatic carboxylic acids is 1. The van der Waals surface area contributed by atoms with Gasteiger partial charge in [0.25, 0.3) is 0 Å². The van der Waals surface area contributed by atoms with Crippen molar-refractivity contribution in [2.75, 3.05) is 19.8 Å². The summed E-state index contributed by atoms with van der Waals surface area (Å²) < 4.78 is 5.49. The Morgan fingerprint density at radius 1 is 0.909 bits per heavy atom. The van der Waals surface area contributed by atoms with E-state index in [2.05, 4.69) is 34.9 Å². The number of nitrogens with one attached hydrogen (secondary N) is 2. The second kappa shape index (κ2) is 12.0. The average molecular weight is 455 g/mol. The van der Waals surface area contributed by atoms with Crippen molar-refractivity contribution in [3.63, 3.8) is 0 Å². The number of fused-ring (bicyclic) bond motifs is 3. The Kier molecular flexibility index (Phi) is 8.83. The van der Waals surface area contributed by atoms with Gasteiger partial charge >= 0.3 is 12.1 Å². The Hall–Kier alpha value is -3.39. The number of ether oxygens (including phenoxy) is 1. The van der Waals surface area contributed by atoms with Crippen molar-refractivity contribution in [3.8, 4) is 11.1 Å². The number of hydrogen-bond donors (Lipinski definition) is 4. The quantitative estimate of drug-likeness (QED) is 0.365. The summed E-state index contributed by atoms with van der Waals surface area (Å²) in [6.07, 6.45) is 2.70. The van der Waals surface area contributed by atoms with Crippen LogP contribution in [0.25, 0.3) is 11.1 Å². The van der Waals surface area contributed by atoms with Gasteiger partial charge in [-0.25, -0.2) is 9.59 Å². The molecule has 0 unspecified atom stereocenters. The van der Waals surface area contributed by atoms with E-state index in [0.29, 0.717) is 13.0 Å². The first-order valence-electron chi connectivity index (χ1n) is 11.2. The number of unbranched alkanes of at least 4 members (excludes halogenated alkanes) is 3. The molecule has 8 nitrogen and oxygen atoms in total. The highest BCUT2D eigenvalue weighted by Crippen LogP contribution is 2.44. The van der Waals surface area contributed by atoms with Crippen LogP contribution in [0.5, 0.6) is 0 Å². The molecule has 0 heterocycles. The van der Waals surface area contributed by atoms with Crippen LogP contribution in [0.3, 0.4) is 0 Å². The zero-order valence-corrected chi connectivity index (χ0v) is 18.5. The first kappa shape index (κ1) is 24.3. The van der Waals surface area contributed by atoms with Gasteiger partial charge in [0.1, 0.15) is 12.6 Å². The summed E-state index contributed by atoms with van der Waals surface area (Å²) in [6.45, 7) is 0.122. The van der Waals surface area contributed by atoms with E-state index in [4.69, 9.17) is 14.9 Å². The predicted octanol–water partition coefficient (Wildman–Crippen LogP) is 3.04. The lowest BCUT2D eigenvalue weighted by atomic mass is 9.98. The van der Waals surface area contributed by atoms with Gasteiger partial charge in [-0.3, -0.25) is 4.79 Å². The number of carboxylic acid groups (broad SMARTS) is 1. The number of aliphatic hydroxyl groups excluding tert-OH is 1. The molecular formula is C25H30N2O6. The summed E-state index contributed by atoms with van der Waals surface area (Å²) in [7, 11) is 0. The first-order valence-corrected chi connectivity index (χ1v) is 11.2. The summed E-state index contributed by atoms with van der Waals surface area (Å²) >= 11 is 0. The smallest absolute Gasteiger partial charge is 0.407 e. The number of benzene rings is 2. The van der Waals surface area contributed by atoms with Crippen LogP contribution in [0.1, 0.15) is 49.1 Å². The molecule has 1 aliphatic carbocycles. The third kappa shape index (κ3) is 6.55. The molecule has 0 spiro atoms. The Morgan fingerprint density at radius 2 is 1.52 bits per heavy atom. The maximum absolute atomic E-state index is 12.1. The second-order valence-corrected chi connectivity index (χ2v) is 8.06. The molecule has 1 aliphatic rings. The monoisotopic (exact) mass is 454 g/mol. The molecule has 0 fully saturated rings. The van der Waals surface area contributed by atoms with Gasteiger partial charge < -0.3 is 25.6 Å². The maximum atomic E-state index is 12.1. The summed E-state index contributed by atoms with van der Waals surface area (Å²) in [6, 6.07) is 15.1. The van der Waals surface area contributed by atoms with Gasteiger partial charge in [0.05, 0.1) is 6.61 Å². The standard InChI is InChI=1S/C25H30N2O6/c28-15-22(24(30)31)27-23(29)13-3-1-2-8-14-26-25(32)33-16-21-19-11-6-4-9-17(19)18-10-5-7-12-20(18)21/h4-7,9-12,21-22,28H,1-3,8,13-16H2,(H,26,32)(H,27,29)(H,30,31)/t22-/m1/s1. The van der Waals surface area contributed by atoms with E-state index in [1.807, 2.05) is 24.3 Å². The van der Waals surface area contributed by atoms with E-state index in [9.17, 15) is 14.4 Å². The van der Waals surface area contributed by atoms with Crippen LogP contribution in [-0.2, 0) is 14.3 Å². The molecule has 2 amide bonds. The number of carbonyl (C=O) groups is 3. The normalized spacial score (nSPS) is 13.0. The zero-order valence-electron chi connectivity index (χ0n) is 18.5. The number of alkyl carbamates (subject to hydrolysis) is 1. The van der Waals surface area contributed by atoms with Crippen molar-refractivity contribution in [1.29, 1.82) is 0 Å². The van der Waals surface area contributed by atoms with Gasteiger partial charge in [-0.15, -0.1) is 0 Å². The number of carboxylic acids is 1. The van der Waals surface area contributed by atoms with Crippen molar-refractivity contribution < 1.29 is 29.3 Å². The fourth-order valence-electron chi connectivity index (χ4n) is 4.06. The summed E-state index contributed by atoms with van der Waals surface area (Å²) in [5.74, 6) is -1.63. The van der Waals surface area contributed by atoms with E-state index in [1.165, 1.54) is 22.3 Å². The van der Waals surface area contributed by atoms with Crippen LogP contribution >= 0.6 is 0 Å². The lowest BCUT2D eigenvalue weighted by molar-refractivity contribution is -0.142. The first-order chi connectivity index (χ1) is 16.0. The Morgan fingerprint density at radius 3 is 2.12 bits per heavy atom. The summed E-state index contributed by atoms with van der Waals surface area (Å²) in [5.41, 5.74) is 4.71. The van der Waals surface area contributed by atoms with E-state index in [1.54, 1.807) is 0 Å². The minimum Gasteiger partial charge on any atom is -0.480 e. The summed E-state index contributed by atoms with van der Waals surface area (Å²) in [4.78, 5) is 34.6. The molecule has 0 saturated heterocycles. The van der Waals surface area contributed by atoms with E-state index in [-0.39, 0.29) is 18.9 Å². The number of rotatable bonds is 12. The number of carbonyl (C=O) groups excluding carboxylic acids is 2. The molecule has 3 rings (SSSR count). The molecule has 0 radical (unpaired) electrons. The zero-order chi connectivity index (χ0) is 23.6. The third-order valence-electron chi connectivity index (χ3n) is 5.76. The molecule has 0 bridgehead atoms. The molecule has 0 aromatic heterocycles. The molecule has 176 valence electrons. The molecule has 4 N–H and O–H groups in total. The molecule has 0 saturated carbocycles. The molecular weight excluding hydrogens is 424 g/mol. The highest BCUT2D eigenvalue weighted by molar-refractivity contribution is 5.83. The van der Waals surface area contributed by atoms with E-state index < -0.39 is 30.6 Å². The summed E-state index contributed by atoms with van der Waals surface area (Å²) in [5, 5.41) is 22.7. The number of amides is 2. The van der Waals surface area contributed by atoms with Gasteiger partial charge in [0, 0.05) is 18.9 Å². The predicted molar refractivity (Wildman–Crippen MR) is 123 cm³/mol. The lowest BCUT2D eigenvalue weighted by Gasteiger charge is -2.14. The average Bonchev–Trinajstić information content (AvgIpc) is 3.14. The highest BCUT2D eigenvalue weighted by Gasteiger charge is 2.28. The number of hydrogen-bond acceptors (Lipinski definition) is 5. The number of aliphatic hydroxyl groups is 1. The topological polar surface area (TPSA) is 125 Å². The molecule has 2 aromatic carbocycles. The Balaban J connectivity index is 1.31. The van der Waals surface area contributed by atoms with Gasteiger partial charge in [0.15, 0.2) is 0 Å². The van der Waals surface area contributed by atoms with Crippen LogP contribution in [-0.4, -0.2) is 54.0 Å². The van der Waals surface area contributed by atoms with Crippen LogP contribution in [0.4, 0.5) is 4.79 Å². The second-order valence-electron chi connectivity index (χ2n) is 8.06. The minimum atomic E-state index is -1.26. The molecule has 0 aliphatic heterocycles. The van der Waals surface area contributed by atoms with Crippen molar-refractivity contribution in [1.82, 2.24) is 10.6 Å². The molecule has 33 heavy (non-hydrogen) atoms. The molecule has 8 heteroatoms. The minimum absolute atomic E-state index is 0.0286. The largest absolute Gasteiger partial charge is 0.480 e. The molecule has 1 atom stereocenters. The Labute approximate surface area is 193 Å². The lowest BCUT2D eigenvalue weighted by Crippen LogP contribution is -2.43. The van der Waals surface area contributed by atoms with E-state index in [0.717, 1.165) is 19.3 Å². The van der Waals surface area contributed by atoms with Crippen molar-refractivity contribution in [3.05, 3.63) is 59.7 Å². The van der Waals surface area contributed by atoms with E-state index >= 15 is 0 Å². The maximum Gasteiger partial charge on any atom is 0.407 e.